The molecule has 3 aromatic rings. The number of para-hydroxylation sites is 2. The van der Waals surface area contributed by atoms with Gasteiger partial charge in [-0.3, -0.25) is 0 Å². The number of hydrogen-bond donors (Lipinski definition) is 1. The molecule has 5 nitrogen and oxygen atoms in total. The molecule has 3 rings (SSSR count). The fraction of sp³-hybridized carbons (Fsp3) is 0.267. The van der Waals surface area contributed by atoms with Gasteiger partial charge in [0.2, 0.25) is 0 Å². The molecule has 2 N–H and O–H groups in total. The van der Waals surface area contributed by atoms with Crippen molar-refractivity contribution >= 4 is 28.5 Å². The van der Waals surface area contributed by atoms with E-state index in [4.69, 9.17) is 17.3 Å². The van der Waals surface area contributed by atoms with Crippen LogP contribution in [0.1, 0.15) is 13.8 Å². The lowest BCUT2D eigenvalue weighted by atomic mass is 10.2. The van der Waals surface area contributed by atoms with Gasteiger partial charge in [0, 0.05) is 6.54 Å². The Labute approximate surface area is 127 Å². The van der Waals surface area contributed by atoms with E-state index in [0.717, 1.165) is 17.6 Å². The summed E-state index contributed by atoms with van der Waals surface area (Å²) in [5, 5.41) is 0.308. The maximum atomic E-state index is 5.96. The summed E-state index contributed by atoms with van der Waals surface area (Å²) >= 11 is 5.96. The maximum Gasteiger partial charge on any atom is 0.163 e. The smallest absolute Gasteiger partial charge is 0.163 e. The lowest BCUT2D eigenvalue weighted by molar-refractivity contribution is 0.536. The predicted octanol–water partition coefficient (Wildman–Crippen LogP) is 3.38. The van der Waals surface area contributed by atoms with E-state index in [1.165, 1.54) is 6.20 Å². The van der Waals surface area contributed by atoms with Crippen LogP contribution in [-0.4, -0.2) is 19.5 Å². The third-order valence-electron chi connectivity index (χ3n) is 3.19. The van der Waals surface area contributed by atoms with Gasteiger partial charge in [0.25, 0.3) is 0 Å². The number of benzene rings is 1. The molecule has 0 aliphatic carbocycles. The number of anilines is 1. The van der Waals surface area contributed by atoms with Gasteiger partial charge in [0.1, 0.15) is 10.8 Å². The quantitative estimate of drug-likeness (QED) is 0.805. The van der Waals surface area contributed by atoms with Gasteiger partial charge in [-0.25, -0.2) is 15.0 Å². The van der Waals surface area contributed by atoms with Gasteiger partial charge in [-0.1, -0.05) is 37.6 Å². The molecular weight excluding hydrogens is 286 g/mol. The van der Waals surface area contributed by atoms with Crippen molar-refractivity contribution in [3.63, 3.8) is 0 Å². The Bertz CT molecular complexity index is 794. The molecule has 0 aliphatic rings. The Morgan fingerprint density at radius 2 is 2.00 bits per heavy atom. The molecule has 21 heavy (non-hydrogen) atoms. The summed E-state index contributed by atoms with van der Waals surface area (Å²) < 4.78 is 2.12. The Kier molecular flexibility index (Phi) is 3.51. The minimum Gasteiger partial charge on any atom is -0.382 e. The molecule has 0 amide bonds. The zero-order chi connectivity index (χ0) is 15.0. The van der Waals surface area contributed by atoms with Crippen LogP contribution in [-0.2, 0) is 6.54 Å². The monoisotopic (exact) mass is 301 g/mol. The average Bonchev–Trinajstić information content (AvgIpc) is 2.80. The zero-order valence-electron chi connectivity index (χ0n) is 11.9. The Balaban J connectivity index is 2.28. The molecule has 0 radical (unpaired) electrons. The first-order valence-corrected chi connectivity index (χ1v) is 7.17. The molecule has 0 spiro atoms. The van der Waals surface area contributed by atoms with Crippen molar-refractivity contribution in [1.82, 2.24) is 19.5 Å². The van der Waals surface area contributed by atoms with Crippen molar-refractivity contribution in [2.45, 2.75) is 20.4 Å². The highest BCUT2D eigenvalue weighted by molar-refractivity contribution is 6.29. The predicted molar refractivity (Wildman–Crippen MR) is 85.0 cm³/mol. The Morgan fingerprint density at radius 1 is 1.24 bits per heavy atom. The van der Waals surface area contributed by atoms with Crippen LogP contribution in [0.2, 0.25) is 5.15 Å². The molecule has 2 heterocycles. The van der Waals surface area contributed by atoms with Crippen LogP contribution < -0.4 is 5.73 Å². The van der Waals surface area contributed by atoms with Crippen LogP contribution in [0.4, 0.5) is 5.82 Å². The van der Waals surface area contributed by atoms with E-state index in [2.05, 4.69) is 33.4 Å². The molecule has 0 unspecified atom stereocenters. The first-order chi connectivity index (χ1) is 10.1. The second-order valence-electron chi connectivity index (χ2n) is 5.36. The Hall–Kier alpha value is -2.14. The number of imidazole rings is 1. The topological polar surface area (TPSA) is 69.6 Å². The second-order valence-corrected chi connectivity index (χ2v) is 5.74. The minimum absolute atomic E-state index is 0.308. The molecular formula is C15H16ClN5. The van der Waals surface area contributed by atoms with E-state index in [1.54, 1.807) is 0 Å². The molecule has 0 fully saturated rings. The van der Waals surface area contributed by atoms with Gasteiger partial charge >= 0.3 is 0 Å². The molecule has 0 bridgehead atoms. The first kappa shape index (κ1) is 13.8. The summed E-state index contributed by atoms with van der Waals surface area (Å²) in [5.74, 6) is 1.51. The number of aromatic nitrogens is 4. The van der Waals surface area contributed by atoms with Crippen LogP contribution in [0.3, 0.4) is 0 Å². The summed E-state index contributed by atoms with van der Waals surface area (Å²) in [5.41, 5.74) is 8.45. The largest absolute Gasteiger partial charge is 0.382 e. The SMILES string of the molecule is CC(C)Cn1c(-c2nc(Cl)cnc2N)nc2ccccc21. The first-order valence-electron chi connectivity index (χ1n) is 6.80. The van der Waals surface area contributed by atoms with E-state index < -0.39 is 0 Å². The molecule has 0 atom stereocenters. The summed E-state index contributed by atoms with van der Waals surface area (Å²) in [6, 6.07) is 7.98. The van der Waals surface area contributed by atoms with Gasteiger partial charge < -0.3 is 10.3 Å². The van der Waals surface area contributed by atoms with Crippen molar-refractivity contribution in [3.05, 3.63) is 35.6 Å². The summed E-state index contributed by atoms with van der Waals surface area (Å²) in [6.45, 7) is 5.14. The van der Waals surface area contributed by atoms with E-state index in [9.17, 15) is 0 Å². The number of nitrogen functional groups attached to an aromatic ring is 1. The molecule has 0 saturated heterocycles. The minimum atomic E-state index is 0.308. The van der Waals surface area contributed by atoms with E-state index in [-0.39, 0.29) is 0 Å². The van der Waals surface area contributed by atoms with Crippen molar-refractivity contribution in [2.24, 2.45) is 5.92 Å². The number of hydrogen-bond acceptors (Lipinski definition) is 4. The van der Waals surface area contributed by atoms with Crippen molar-refractivity contribution in [2.75, 3.05) is 5.73 Å². The van der Waals surface area contributed by atoms with E-state index in [0.29, 0.717) is 28.4 Å². The fourth-order valence-electron chi connectivity index (χ4n) is 2.35. The average molecular weight is 302 g/mol. The highest BCUT2D eigenvalue weighted by atomic mass is 35.5. The molecule has 6 heteroatoms. The number of fused-ring (bicyclic) bond motifs is 1. The number of halogens is 1. The molecule has 108 valence electrons. The van der Waals surface area contributed by atoms with Gasteiger partial charge in [0.05, 0.1) is 17.2 Å². The lowest BCUT2D eigenvalue weighted by Gasteiger charge is -2.12. The fourth-order valence-corrected chi connectivity index (χ4v) is 2.48. The molecule has 0 saturated carbocycles. The molecule has 0 aliphatic heterocycles. The molecule has 2 aromatic heterocycles. The normalized spacial score (nSPS) is 11.4. The van der Waals surface area contributed by atoms with Gasteiger partial charge in [-0.2, -0.15) is 0 Å². The summed E-state index contributed by atoms with van der Waals surface area (Å²) in [6.07, 6.45) is 1.44. The van der Waals surface area contributed by atoms with Crippen LogP contribution in [0.15, 0.2) is 30.5 Å². The standard InChI is InChI=1S/C15H16ClN5/c1-9(2)8-21-11-6-4-3-5-10(11)19-15(21)13-14(17)18-7-12(16)20-13/h3-7,9H,8H2,1-2H3,(H2,17,18). The highest BCUT2D eigenvalue weighted by Gasteiger charge is 2.17. The van der Waals surface area contributed by atoms with Crippen LogP contribution in [0, 0.1) is 5.92 Å². The summed E-state index contributed by atoms with van der Waals surface area (Å²) in [4.78, 5) is 13.0. The van der Waals surface area contributed by atoms with Crippen LogP contribution in [0.25, 0.3) is 22.6 Å². The zero-order valence-corrected chi connectivity index (χ0v) is 12.7. The maximum absolute atomic E-state index is 5.96. The molecule has 1 aromatic carbocycles. The summed E-state index contributed by atoms with van der Waals surface area (Å²) in [7, 11) is 0. The van der Waals surface area contributed by atoms with E-state index in [1.807, 2.05) is 24.3 Å². The van der Waals surface area contributed by atoms with Crippen LogP contribution in [0.5, 0.6) is 0 Å². The number of nitrogens with two attached hydrogens (primary N) is 1. The van der Waals surface area contributed by atoms with Gasteiger partial charge in [-0.05, 0) is 18.1 Å². The van der Waals surface area contributed by atoms with Gasteiger partial charge in [0.15, 0.2) is 11.6 Å². The van der Waals surface area contributed by atoms with E-state index >= 15 is 0 Å². The lowest BCUT2D eigenvalue weighted by Crippen LogP contribution is -2.08. The van der Waals surface area contributed by atoms with Crippen molar-refractivity contribution in [3.8, 4) is 11.5 Å². The third-order valence-corrected chi connectivity index (χ3v) is 3.37. The number of rotatable bonds is 3. The van der Waals surface area contributed by atoms with Crippen molar-refractivity contribution < 1.29 is 0 Å². The third kappa shape index (κ3) is 2.56. The second kappa shape index (κ2) is 5.33. The highest BCUT2D eigenvalue weighted by Crippen LogP contribution is 2.28. The van der Waals surface area contributed by atoms with Crippen LogP contribution >= 0.6 is 11.6 Å². The Morgan fingerprint density at radius 3 is 2.76 bits per heavy atom. The number of nitrogens with zero attached hydrogens (tertiary/aromatic N) is 4. The van der Waals surface area contributed by atoms with Crippen molar-refractivity contribution in [1.29, 1.82) is 0 Å². The van der Waals surface area contributed by atoms with Gasteiger partial charge in [-0.15, -0.1) is 0 Å².